The Labute approximate surface area is 108 Å². The predicted octanol–water partition coefficient (Wildman–Crippen LogP) is 0.141. The molecule has 0 spiro atoms. The second-order valence-electron chi connectivity index (χ2n) is 3.86. The first kappa shape index (κ1) is 13.4. The third-order valence-corrected chi connectivity index (χ3v) is 4.58. The van der Waals surface area contributed by atoms with Crippen LogP contribution in [0.5, 0.6) is 0 Å². The smallest absolute Gasteiger partial charge is 0.325 e. The van der Waals surface area contributed by atoms with Crippen molar-refractivity contribution in [3.8, 4) is 0 Å². The minimum absolute atomic E-state index is 0.0615. The molecule has 8 nitrogen and oxygen atoms in total. The quantitative estimate of drug-likeness (QED) is 0.337. The maximum absolute atomic E-state index is 12.1. The van der Waals surface area contributed by atoms with Crippen LogP contribution in [0.1, 0.15) is 0 Å². The molecule has 19 heavy (non-hydrogen) atoms. The van der Waals surface area contributed by atoms with Gasteiger partial charge < -0.3 is 4.74 Å². The lowest BCUT2D eigenvalue weighted by molar-refractivity contribution is -0.384. The minimum atomic E-state index is -3.80. The lowest BCUT2D eigenvalue weighted by atomic mass is 10.3. The van der Waals surface area contributed by atoms with Crippen LogP contribution in [0.15, 0.2) is 29.2 Å². The van der Waals surface area contributed by atoms with Crippen molar-refractivity contribution in [1.82, 2.24) is 4.31 Å². The molecule has 1 heterocycles. The number of non-ortho nitro benzene ring substituents is 1. The van der Waals surface area contributed by atoms with Gasteiger partial charge in [-0.3, -0.25) is 14.9 Å². The van der Waals surface area contributed by atoms with Gasteiger partial charge in [-0.15, -0.1) is 0 Å². The number of nitro groups is 1. The van der Waals surface area contributed by atoms with Crippen molar-refractivity contribution >= 4 is 21.7 Å². The maximum Gasteiger partial charge on any atom is 0.325 e. The van der Waals surface area contributed by atoms with Crippen molar-refractivity contribution in [3.05, 3.63) is 34.4 Å². The molecule has 1 aliphatic heterocycles. The Hall–Kier alpha value is -2.00. The normalized spacial score (nSPS) is 21.7. The highest BCUT2D eigenvalue weighted by Gasteiger charge is 2.50. The molecule has 2 unspecified atom stereocenters. The Morgan fingerprint density at radius 2 is 2.00 bits per heavy atom. The number of methoxy groups -OCH3 is 1. The molecular weight excluding hydrogens is 276 g/mol. The molecule has 9 heteroatoms. The van der Waals surface area contributed by atoms with E-state index in [0.29, 0.717) is 0 Å². The molecule has 0 aliphatic carbocycles. The van der Waals surface area contributed by atoms with E-state index < -0.39 is 27.0 Å². The number of hydrogen-bond donors (Lipinski definition) is 0. The third kappa shape index (κ3) is 2.42. The summed E-state index contributed by atoms with van der Waals surface area (Å²) < 4.78 is 29.5. The van der Waals surface area contributed by atoms with Crippen LogP contribution < -0.4 is 0 Å². The van der Waals surface area contributed by atoms with E-state index in [1.54, 1.807) is 0 Å². The minimum Gasteiger partial charge on any atom is -0.468 e. The zero-order valence-electron chi connectivity index (χ0n) is 9.85. The second kappa shape index (κ2) is 4.59. The van der Waals surface area contributed by atoms with Crippen molar-refractivity contribution < 1.29 is 22.9 Å². The van der Waals surface area contributed by atoms with E-state index in [9.17, 15) is 23.3 Å². The van der Waals surface area contributed by atoms with Crippen LogP contribution in [0.3, 0.4) is 0 Å². The zero-order chi connectivity index (χ0) is 14.2. The molecule has 0 radical (unpaired) electrons. The van der Waals surface area contributed by atoms with Gasteiger partial charge in [-0.05, 0) is 12.1 Å². The Morgan fingerprint density at radius 1 is 1.42 bits per heavy atom. The fourth-order valence-corrected chi connectivity index (χ4v) is 3.10. The number of sulfonamides is 1. The molecule has 102 valence electrons. The van der Waals surface area contributed by atoms with Crippen molar-refractivity contribution in [1.29, 1.82) is 0 Å². The standard InChI is InChI=1S/C10H10N2O6S/c1-18-10(13)9-6-11(9)19(16,17)8-4-2-7(3-5-8)12(14)15/h2-5,9H,6H2,1H3. The molecule has 0 bridgehead atoms. The first-order valence-corrected chi connectivity index (χ1v) is 6.66. The van der Waals surface area contributed by atoms with E-state index in [0.717, 1.165) is 28.6 Å². The summed E-state index contributed by atoms with van der Waals surface area (Å²) in [5, 5.41) is 10.5. The van der Waals surface area contributed by atoms with Crippen LogP contribution in [-0.2, 0) is 19.6 Å². The molecule has 1 aliphatic rings. The van der Waals surface area contributed by atoms with E-state index in [-0.39, 0.29) is 17.1 Å². The van der Waals surface area contributed by atoms with Gasteiger partial charge in [0.1, 0.15) is 6.04 Å². The molecule has 0 N–H and O–H groups in total. The fourth-order valence-electron chi connectivity index (χ4n) is 1.59. The molecule has 2 rings (SSSR count). The van der Waals surface area contributed by atoms with Crippen LogP contribution in [0, 0.1) is 10.1 Å². The summed E-state index contributed by atoms with van der Waals surface area (Å²) in [4.78, 5) is 20.9. The first-order valence-electron chi connectivity index (χ1n) is 5.22. The topological polar surface area (TPSA) is 107 Å². The van der Waals surface area contributed by atoms with E-state index in [1.165, 1.54) is 7.11 Å². The number of ether oxygens (including phenoxy) is 1. The third-order valence-electron chi connectivity index (χ3n) is 2.69. The van der Waals surface area contributed by atoms with Gasteiger partial charge >= 0.3 is 5.97 Å². The largest absolute Gasteiger partial charge is 0.468 e. The Kier molecular flexibility index (Phi) is 3.25. The summed E-state index contributed by atoms with van der Waals surface area (Å²) in [5.74, 6) is -0.620. The average Bonchev–Trinajstić information content (AvgIpc) is 3.18. The summed E-state index contributed by atoms with van der Waals surface area (Å²) in [6.07, 6.45) is 0. The molecule has 2 atom stereocenters. The number of carbonyl (C=O) groups excluding carboxylic acids is 1. The molecule has 0 saturated carbocycles. The first-order chi connectivity index (χ1) is 8.87. The average molecular weight is 286 g/mol. The van der Waals surface area contributed by atoms with Gasteiger partial charge in [0.2, 0.25) is 10.0 Å². The Balaban J connectivity index is 2.22. The van der Waals surface area contributed by atoms with Crippen LogP contribution in [-0.4, -0.2) is 43.3 Å². The van der Waals surface area contributed by atoms with Crippen LogP contribution in [0.25, 0.3) is 0 Å². The molecule has 1 aromatic rings. The monoisotopic (exact) mass is 286 g/mol. The number of hydrogen-bond acceptors (Lipinski definition) is 6. The van der Waals surface area contributed by atoms with Crippen molar-refractivity contribution in [2.45, 2.75) is 10.9 Å². The van der Waals surface area contributed by atoms with E-state index in [4.69, 9.17) is 0 Å². The summed E-state index contributed by atoms with van der Waals surface area (Å²) in [6, 6.07) is 3.68. The summed E-state index contributed by atoms with van der Waals surface area (Å²) in [6.45, 7) is 0.0615. The Bertz CT molecular complexity index is 624. The maximum atomic E-state index is 12.1. The number of benzene rings is 1. The van der Waals surface area contributed by atoms with Gasteiger partial charge in [-0.1, -0.05) is 0 Å². The highest BCUT2D eigenvalue weighted by atomic mass is 32.2. The van der Waals surface area contributed by atoms with Gasteiger partial charge in [-0.25, -0.2) is 8.42 Å². The zero-order valence-corrected chi connectivity index (χ0v) is 10.7. The van der Waals surface area contributed by atoms with Crippen molar-refractivity contribution in [2.75, 3.05) is 13.7 Å². The lowest BCUT2D eigenvalue weighted by Crippen LogP contribution is -2.20. The summed E-state index contributed by atoms with van der Waals surface area (Å²) in [5.41, 5.74) is -0.200. The molecule has 1 fully saturated rings. The van der Waals surface area contributed by atoms with Gasteiger partial charge in [-0.2, -0.15) is 4.31 Å². The number of esters is 1. The van der Waals surface area contributed by atoms with Crippen molar-refractivity contribution in [2.24, 2.45) is 0 Å². The molecule has 0 amide bonds. The number of carbonyl (C=O) groups is 1. The van der Waals surface area contributed by atoms with Gasteiger partial charge in [0.05, 0.1) is 16.9 Å². The number of rotatable bonds is 4. The SMILES string of the molecule is COC(=O)C1CN1S(=O)(=O)c1ccc([N+](=O)[O-])cc1. The van der Waals surface area contributed by atoms with Crippen LogP contribution in [0.4, 0.5) is 5.69 Å². The summed E-state index contributed by atoms with van der Waals surface area (Å²) >= 11 is 0. The number of nitro benzene ring substituents is 1. The van der Waals surface area contributed by atoms with Crippen LogP contribution in [0.2, 0.25) is 0 Å². The Morgan fingerprint density at radius 3 is 2.47 bits per heavy atom. The predicted molar refractivity (Wildman–Crippen MR) is 62.8 cm³/mol. The highest BCUT2D eigenvalue weighted by Crippen LogP contribution is 2.29. The number of nitrogens with zero attached hydrogens (tertiary/aromatic N) is 2. The highest BCUT2D eigenvalue weighted by molar-refractivity contribution is 7.89. The van der Waals surface area contributed by atoms with E-state index >= 15 is 0 Å². The summed E-state index contributed by atoms with van der Waals surface area (Å²) in [7, 11) is -2.62. The molecule has 0 aromatic heterocycles. The van der Waals surface area contributed by atoms with Crippen LogP contribution >= 0.6 is 0 Å². The van der Waals surface area contributed by atoms with Gasteiger partial charge in [0.15, 0.2) is 0 Å². The molecule has 1 aromatic carbocycles. The van der Waals surface area contributed by atoms with E-state index in [2.05, 4.69) is 4.74 Å². The van der Waals surface area contributed by atoms with Gasteiger partial charge in [0, 0.05) is 18.7 Å². The lowest BCUT2D eigenvalue weighted by Gasteiger charge is -2.05. The van der Waals surface area contributed by atoms with Crippen molar-refractivity contribution in [3.63, 3.8) is 0 Å². The second-order valence-corrected chi connectivity index (χ2v) is 5.76. The molecule has 1 saturated heterocycles. The molecular formula is C10H10N2O6S. The van der Waals surface area contributed by atoms with E-state index in [1.807, 2.05) is 0 Å². The van der Waals surface area contributed by atoms with Gasteiger partial charge in [0.25, 0.3) is 5.69 Å². The fraction of sp³-hybridized carbons (Fsp3) is 0.300.